The molecule has 1 unspecified atom stereocenters. The summed E-state index contributed by atoms with van der Waals surface area (Å²) in [6.45, 7) is 2.72. The van der Waals surface area contributed by atoms with E-state index < -0.39 is 29.9 Å². The molecule has 0 spiro atoms. The molecule has 2 amide bonds. The Labute approximate surface area is 217 Å². The maximum atomic E-state index is 14.4. The van der Waals surface area contributed by atoms with Crippen molar-refractivity contribution in [3.05, 3.63) is 99.3 Å². The highest BCUT2D eigenvalue weighted by Crippen LogP contribution is 2.35. The molecule has 3 aromatic carbocycles. The molecule has 4 nitrogen and oxygen atoms in total. The van der Waals surface area contributed by atoms with Gasteiger partial charge in [0, 0.05) is 13.1 Å². The molecule has 0 saturated heterocycles. The SMILES string of the molecule is CCC(C(=O)N1CCc2c(ccc(Cl)c2NC(=O)Cc2cccc(C(F)(F)F)c2F)C1)c1ccccc1. The molecule has 1 N–H and O–H groups in total. The van der Waals surface area contributed by atoms with Crippen molar-refractivity contribution in [1.82, 2.24) is 4.90 Å². The van der Waals surface area contributed by atoms with Gasteiger partial charge in [0.2, 0.25) is 11.8 Å². The highest BCUT2D eigenvalue weighted by atomic mass is 35.5. The van der Waals surface area contributed by atoms with Crippen LogP contribution in [-0.4, -0.2) is 23.3 Å². The first-order valence-electron chi connectivity index (χ1n) is 11.9. The van der Waals surface area contributed by atoms with Crippen LogP contribution in [0.3, 0.4) is 0 Å². The molecule has 0 fully saturated rings. The zero-order valence-electron chi connectivity index (χ0n) is 20.0. The Morgan fingerprint density at radius 3 is 2.46 bits per heavy atom. The van der Waals surface area contributed by atoms with Gasteiger partial charge < -0.3 is 10.2 Å². The number of hydrogen-bond acceptors (Lipinski definition) is 2. The maximum absolute atomic E-state index is 14.4. The molecule has 0 radical (unpaired) electrons. The monoisotopic (exact) mass is 532 g/mol. The van der Waals surface area contributed by atoms with Crippen LogP contribution in [0.15, 0.2) is 60.7 Å². The Kier molecular flexibility index (Phi) is 7.87. The first kappa shape index (κ1) is 26.7. The molecule has 0 aromatic heterocycles. The summed E-state index contributed by atoms with van der Waals surface area (Å²) >= 11 is 6.36. The number of rotatable bonds is 6. The predicted molar refractivity (Wildman–Crippen MR) is 134 cm³/mol. The van der Waals surface area contributed by atoms with Crippen molar-refractivity contribution in [3.63, 3.8) is 0 Å². The lowest BCUT2D eigenvalue weighted by molar-refractivity contribution is -0.140. The third kappa shape index (κ3) is 5.80. The minimum Gasteiger partial charge on any atom is -0.337 e. The number of halogens is 5. The number of carbonyl (C=O) groups excluding carboxylic acids is 2. The molecule has 3 aromatic rings. The molecule has 0 aliphatic carbocycles. The number of benzene rings is 3. The maximum Gasteiger partial charge on any atom is 0.419 e. The Morgan fingerprint density at radius 1 is 1.05 bits per heavy atom. The minimum absolute atomic E-state index is 0.0138. The summed E-state index contributed by atoms with van der Waals surface area (Å²) in [5.41, 5.74) is 1.06. The third-order valence-corrected chi connectivity index (χ3v) is 6.89. The van der Waals surface area contributed by atoms with Gasteiger partial charge in [-0.05, 0) is 47.2 Å². The summed E-state index contributed by atoms with van der Waals surface area (Å²) in [6.07, 6.45) is -4.37. The smallest absolute Gasteiger partial charge is 0.337 e. The summed E-state index contributed by atoms with van der Waals surface area (Å²) in [5, 5.41) is 2.91. The first-order valence-corrected chi connectivity index (χ1v) is 12.3. The number of hydrogen-bond donors (Lipinski definition) is 1. The van der Waals surface area contributed by atoms with Gasteiger partial charge in [-0.1, -0.05) is 67.1 Å². The van der Waals surface area contributed by atoms with Gasteiger partial charge in [-0.3, -0.25) is 9.59 Å². The van der Waals surface area contributed by atoms with E-state index in [4.69, 9.17) is 11.6 Å². The largest absolute Gasteiger partial charge is 0.419 e. The zero-order chi connectivity index (χ0) is 26.7. The highest BCUT2D eigenvalue weighted by molar-refractivity contribution is 6.34. The molecule has 37 heavy (non-hydrogen) atoms. The van der Waals surface area contributed by atoms with E-state index in [1.54, 1.807) is 17.0 Å². The van der Waals surface area contributed by atoms with Crippen LogP contribution in [0, 0.1) is 5.82 Å². The molecule has 194 valence electrons. The van der Waals surface area contributed by atoms with Crippen molar-refractivity contribution in [2.24, 2.45) is 0 Å². The number of fused-ring (bicyclic) bond motifs is 1. The number of carbonyl (C=O) groups is 2. The van der Waals surface area contributed by atoms with Gasteiger partial charge in [0.25, 0.3) is 0 Å². The van der Waals surface area contributed by atoms with Crippen molar-refractivity contribution < 1.29 is 27.2 Å². The second kappa shape index (κ2) is 10.9. The second-order valence-electron chi connectivity index (χ2n) is 8.94. The molecule has 1 aliphatic rings. The lowest BCUT2D eigenvalue weighted by Gasteiger charge is -2.33. The van der Waals surface area contributed by atoms with E-state index in [9.17, 15) is 27.2 Å². The zero-order valence-corrected chi connectivity index (χ0v) is 20.8. The lowest BCUT2D eigenvalue weighted by atomic mass is 9.92. The lowest BCUT2D eigenvalue weighted by Crippen LogP contribution is -2.39. The molecule has 1 heterocycles. The summed E-state index contributed by atoms with van der Waals surface area (Å²) in [5.74, 6) is -2.41. The average molecular weight is 533 g/mol. The van der Waals surface area contributed by atoms with Crippen LogP contribution in [0.1, 0.15) is 47.1 Å². The summed E-state index contributed by atoms with van der Waals surface area (Å²) in [6, 6.07) is 15.8. The van der Waals surface area contributed by atoms with Crippen molar-refractivity contribution in [3.8, 4) is 0 Å². The summed E-state index contributed by atoms with van der Waals surface area (Å²) in [7, 11) is 0. The van der Waals surface area contributed by atoms with Gasteiger partial charge >= 0.3 is 6.18 Å². The standard InChI is InChI=1S/C28H25ClF4N2O2/c1-2-20(17-7-4-3-5-8-17)27(37)35-14-13-21-19(16-35)11-12-23(29)26(21)34-24(36)15-18-9-6-10-22(25(18)30)28(31,32)33/h3-12,20H,2,13-16H2,1H3,(H,34,36). The van der Waals surface area contributed by atoms with E-state index in [0.29, 0.717) is 37.7 Å². The highest BCUT2D eigenvalue weighted by Gasteiger charge is 2.35. The van der Waals surface area contributed by atoms with Gasteiger partial charge in [-0.2, -0.15) is 13.2 Å². The Balaban J connectivity index is 1.51. The van der Waals surface area contributed by atoms with Crippen molar-refractivity contribution >= 4 is 29.1 Å². The van der Waals surface area contributed by atoms with Crippen molar-refractivity contribution in [2.75, 3.05) is 11.9 Å². The molecule has 0 bridgehead atoms. The average Bonchev–Trinajstić information content (AvgIpc) is 2.87. The van der Waals surface area contributed by atoms with Gasteiger partial charge in [-0.25, -0.2) is 4.39 Å². The van der Waals surface area contributed by atoms with Crippen molar-refractivity contribution in [2.45, 2.75) is 44.8 Å². The van der Waals surface area contributed by atoms with Crippen LogP contribution in [0.25, 0.3) is 0 Å². The fourth-order valence-corrected chi connectivity index (χ4v) is 4.93. The van der Waals surface area contributed by atoms with Gasteiger partial charge in [0.1, 0.15) is 5.82 Å². The van der Waals surface area contributed by atoms with Crippen LogP contribution in [0.5, 0.6) is 0 Å². The Hall–Kier alpha value is -3.39. The third-order valence-electron chi connectivity index (χ3n) is 6.57. The molecule has 1 aliphatic heterocycles. The van der Waals surface area contributed by atoms with E-state index >= 15 is 0 Å². The number of nitrogens with zero attached hydrogens (tertiary/aromatic N) is 1. The van der Waals surface area contributed by atoms with Crippen LogP contribution in [0.4, 0.5) is 23.2 Å². The molecule has 4 rings (SSSR count). The van der Waals surface area contributed by atoms with Crippen molar-refractivity contribution in [1.29, 1.82) is 0 Å². The number of alkyl halides is 3. The Morgan fingerprint density at radius 2 is 1.78 bits per heavy atom. The van der Waals surface area contributed by atoms with Crippen LogP contribution in [0.2, 0.25) is 5.02 Å². The predicted octanol–water partition coefficient (Wildman–Crippen LogP) is 6.76. The normalized spacial score (nSPS) is 14.2. The van der Waals surface area contributed by atoms with Crippen LogP contribution in [-0.2, 0) is 35.2 Å². The topological polar surface area (TPSA) is 49.4 Å². The van der Waals surface area contributed by atoms with E-state index in [1.807, 2.05) is 37.3 Å². The molecular formula is C28H25ClF4N2O2. The van der Waals surface area contributed by atoms with E-state index in [-0.39, 0.29) is 22.4 Å². The first-order chi connectivity index (χ1) is 17.6. The summed E-state index contributed by atoms with van der Waals surface area (Å²) in [4.78, 5) is 27.8. The molecule has 9 heteroatoms. The van der Waals surface area contributed by atoms with Gasteiger partial charge in [-0.15, -0.1) is 0 Å². The van der Waals surface area contributed by atoms with Crippen LogP contribution < -0.4 is 5.32 Å². The Bertz CT molecular complexity index is 1310. The van der Waals surface area contributed by atoms with Gasteiger partial charge in [0.05, 0.1) is 28.6 Å². The molecule has 1 atom stereocenters. The minimum atomic E-state index is -4.86. The molecular weight excluding hydrogens is 508 g/mol. The number of nitrogens with one attached hydrogen (secondary N) is 1. The van der Waals surface area contributed by atoms with Crippen LogP contribution >= 0.6 is 11.6 Å². The van der Waals surface area contributed by atoms with Gasteiger partial charge in [0.15, 0.2) is 0 Å². The quantitative estimate of drug-likeness (QED) is 0.357. The summed E-state index contributed by atoms with van der Waals surface area (Å²) < 4.78 is 53.5. The number of amides is 2. The fraction of sp³-hybridized carbons (Fsp3) is 0.286. The van der Waals surface area contributed by atoms with E-state index in [2.05, 4.69) is 5.32 Å². The van der Waals surface area contributed by atoms with E-state index in [1.165, 1.54) is 0 Å². The fourth-order valence-electron chi connectivity index (χ4n) is 4.70. The second-order valence-corrected chi connectivity index (χ2v) is 9.35. The van der Waals surface area contributed by atoms with E-state index in [0.717, 1.165) is 28.8 Å². The number of anilines is 1. The molecule has 0 saturated carbocycles.